The lowest BCUT2D eigenvalue weighted by molar-refractivity contribution is -0.352. The van der Waals surface area contributed by atoms with E-state index in [2.05, 4.69) is 20.2 Å². The molecule has 0 bridgehead atoms. The van der Waals surface area contributed by atoms with Crippen LogP contribution in [-0.2, 0) is 14.3 Å². The van der Waals surface area contributed by atoms with Crippen LogP contribution in [-0.4, -0.2) is 47.8 Å². The van der Waals surface area contributed by atoms with Crippen molar-refractivity contribution in [1.29, 1.82) is 0 Å². The highest BCUT2D eigenvalue weighted by Gasteiger charge is 2.42. The van der Waals surface area contributed by atoms with Gasteiger partial charge >= 0.3 is 6.36 Å². The summed E-state index contributed by atoms with van der Waals surface area (Å²) in [5.41, 5.74) is 0. The maximum atomic E-state index is 12.9. The van der Waals surface area contributed by atoms with Crippen LogP contribution in [0.15, 0.2) is 28.8 Å². The van der Waals surface area contributed by atoms with Gasteiger partial charge in [0, 0.05) is 5.92 Å². The maximum Gasteiger partial charge on any atom is 0.522 e. The van der Waals surface area contributed by atoms with Gasteiger partial charge in [-0.25, -0.2) is 4.39 Å². The Kier molecular flexibility index (Phi) is 6.60. The number of carbonyl (C=O) groups is 1. The maximum absolute atomic E-state index is 12.9. The van der Waals surface area contributed by atoms with Crippen molar-refractivity contribution in [3.05, 3.63) is 41.8 Å². The molecule has 0 radical (unpaired) electrons. The van der Waals surface area contributed by atoms with E-state index in [0.29, 0.717) is 24.4 Å². The molecule has 2 atom stereocenters. The van der Waals surface area contributed by atoms with Gasteiger partial charge in [0.05, 0.1) is 18.8 Å². The van der Waals surface area contributed by atoms with Crippen LogP contribution < -0.4 is 10.1 Å². The van der Waals surface area contributed by atoms with Gasteiger partial charge in [-0.2, -0.15) is 4.98 Å². The van der Waals surface area contributed by atoms with Gasteiger partial charge in [0.1, 0.15) is 17.7 Å². The second-order valence-corrected chi connectivity index (χ2v) is 7.75. The lowest BCUT2D eigenvalue weighted by Gasteiger charge is -2.33. The second-order valence-electron chi connectivity index (χ2n) is 7.75. The van der Waals surface area contributed by atoms with Gasteiger partial charge < -0.3 is 19.3 Å². The fraction of sp³-hybridized carbons (Fsp3) is 0.550. The lowest BCUT2D eigenvalue weighted by atomic mass is 9.82. The highest BCUT2D eigenvalue weighted by Crippen LogP contribution is 2.40. The van der Waals surface area contributed by atoms with E-state index < -0.39 is 24.4 Å². The summed E-state index contributed by atoms with van der Waals surface area (Å²) in [5, 5.41) is 6.66. The minimum Gasteiger partial charge on any atom is -0.484 e. The van der Waals surface area contributed by atoms with E-state index in [-0.39, 0.29) is 49.8 Å². The molecule has 1 aliphatic carbocycles. The zero-order chi connectivity index (χ0) is 22.7. The first-order chi connectivity index (χ1) is 15.2. The fourth-order valence-electron chi connectivity index (χ4n) is 3.61. The molecule has 1 saturated heterocycles. The van der Waals surface area contributed by atoms with Gasteiger partial charge in [-0.05, 0) is 49.9 Å². The van der Waals surface area contributed by atoms with Gasteiger partial charge in [-0.1, -0.05) is 5.16 Å². The average Bonchev–Trinajstić information content (AvgIpc) is 3.19. The predicted molar refractivity (Wildman–Crippen MR) is 99.0 cm³/mol. The number of nitrogens with zero attached hydrogens (tertiary/aromatic N) is 2. The Bertz CT molecular complexity index is 907. The Labute approximate surface area is 180 Å². The first-order valence-corrected chi connectivity index (χ1v) is 10.1. The van der Waals surface area contributed by atoms with Crippen LogP contribution in [0.4, 0.5) is 17.6 Å². The summed E-state index contributed by atoms with van der Waals surface area (Å²) in [4.78, 5) is 16.3. The average molecular weight is 459 g/mol. The Morgan fingerprint density at radius 2 is 1.94 bits per heavy atom. The van der Waals surface area contributed by atoms with E-state index in [0.717, 1.165) is 0 Å². The van der Waals surface area contributed by atoms with Gasteiger partial charge in [-0.15, -0.1) is 13.2 Å². The summed E-state index contributed by atoms with van der Waals surface area (Å²) in [6.07, 6.45) is -4.49. The van der Waals surface area contributed by atoms with Crippen LogP contribution in [0.1, 0.15) is 49.4 Å². The van der Waals surface area contributed by atoms with Crippen molar-refractivity contribution in [2.75, 3.05) is 13.2 Å². The van der Waals surface area contributed by atoms with Crippen molar-refractivity contribution < 1.29 is 41.1 Å². The first-order valence-electron chi connectivity index (χ1n) is 10.1. The minimum atomic E-state index is -4.65. The summed E-state index contributed by atoms with van der Waals surface area (Å²) < 4.78 is 69.7. The van der Waals surface area contributed by atoms with Crippen LogP contribution in [0.3, 0.4) is 0 Å². The van der Waals surface area contributed by atoms with Crippen LogP contribution in [0.5, 0.6) is 5.75 Å². The van der Waals surface area contributed by atoms with E-state index in [1.54, 1.807) is 0 Å². The van der Waals surface area contributed by atoms with Crippen molar-refractivity contribution in [1.82, 2.24) is 15.5 Å². The molecular formula is C20H21F4N3O5. The molecule has 174 valence electrons. The van der Waals surface area contributed by atoms with Crippen molar-refractivity contribution in [3.8, 4) is 5.75 Å². The molecule has 1 aromatic heterocycles. The molecule has 1 aliphatic heterocycles. The number of alkyl halides is 3. The van der Waals surface area contributed by atoms with E-state index >= 15 is 0 Å². The molecule has 2 fully saturated rings. The number of hydrogen-bond donors (Lipinski definition) is 1. The number of amides is 1. The van der Waals surface area contributed by atoms with Crippen LogP contribution in [0.25, 0.3) is 0 Å². The third kappa shape index (κ3) is 5.94. The van der Waals surface area contributed by atoms with Gasteiger partial charge in [0.25, 0.3) is 11.8 Å². The zero-order valence-corrected chi connectivity index (χ0v) is 16.8. The third-order valence-electron chi connectivity index (χ3n) is 5.32. The summed E-state index contributed by atoms with van der Waals surface area (Å²) in [6, 6.07) is 5.13. The number of benzene rings is 1. The molecule has 1 aromatic carbocycles. The molecule has 12 heteroatoms. The zero-order valence-electron chi connectivity index (χ0n) is 16.8. The summed E-state index contributed by atoms with van der Waals surface area (Å²) in [5.74, 6) is 0.0372. The van der Waals surface area contributed by atoms with Crippen molar-refractivity contribution >= 4 is 5.91 Å². The molecule has 0 unspecified atom stereocenters. The molecule has 8 nitrogen and oxygen atoms in total. The molecule has 2 aromatic rings. The van der Waals surface area contributed by atoms with E-state index in [4.69, 9.17) is 14.0 Å². The molecule has 2 aliphatic rings. The minimum absolute atomic E-state index is 0.179. The number of halogens is 4. The van der Waals surface area contributed by atoms with E-state index in [9.17, 15) is 22.4 Å². The largest absolute Gasteiger partial charge is 0.522 e. The monoisotopic (exact) mass is 459 g/mol. The molecular weight excluding hydrogens is 438 g/mol. The van der Waals surface area contributed by atoms with Crippen molar-refractivity contribution in [2.24, 2.45) is 0 Å². The normalized spacial score (nSPS) is 25.8. The number of aromatic nitrogens is 2. The van der Waals surface area contributed by atoms with Gasteiger partial charge in [0.15, 0.2) is 12.4 Å². The number of hydrogen-bond acceptors (Lipinski definition) is 7. The van der Waals surface area contributed by atoms with Gasteiger partial charge in [-0.3, -0.25) is 9.53 Å². The molecule has 2 heterocycles. The Hall–Kier alpha value is -2.73. The summed E-state index contributed by atoms with van der Waals surface area (Å²) >= 11 is 0. The molecule has 4 rings (SSSR count). The molecule has 1 amide bonds. The van der Waals surface area contributed by atoms with Crippen molar-refractivity contribution in [3.63, 3.8) is 0 Å². The van der Waals surface area contributed by atoms with Crippen LogP contribution in [0, 0.1) is 5.82 Å². The number of ether oxygens (including phenoxy) is 3. The quantitative estimate of drug-likeness (QED) is 0.634. The van der Waals surface area contributed by atoms with E-state index in [1.807, 2.05) is 0 Å². The number of carbonyl (C=O) groups excluding carboxylic acids is 1. The number of rotatable bonds is 7. The third-order valence-corrected chi connectivity index (χ3v) is 5.32. The highest BCUT2D eigenvalue weighted by molar-refractivity contribution is 5.77. The second kappa shape index (κ2) is 9.41. The Balaban J connectivity index is 1.17. The SMILES string of the molecule is O=C(COc1ccc(F)cc1)N[C@H]1CC[C@H](c2nc([C@H]3C[C@@H](OC(F)(F)F)C3)no2)OC1. The van der Waals surface area contributed by atoms with Crippen molar-refractivity contribution in [2.45, 2.75) is 56.2 Å². The van der Waals surface area contributed by atoms with Gasteiger partial charge in [0.2, 0.25) is 0 Å². The fourth-order valence-corrected chi connectivity index (χ4v) is 3.61. The number of nitrogens with one attached hydrogen (secondary N) is 1. The summed E-state index contributed by atoms with van der Waals surface area (Å²) in [7, 11) is 0. The first kappa shape index (κ1) is 22.5. The Morgan fingerprint density at radius 1 is 1.19 bits per heavy atom. The molecule has 1 N–H and O–H groups in total. The van der Waals surface area contributed by atoms with Crippen LogP contribution in [0.2, 0.25) is 0 Å². The standard InChI is InChI=1S/C20H21F4N3O5/c21-12-1-4-14(5-2-12)29-10-17(28)25-13-3-6-16(30-9-13)19-26-18(27-32-19)11-7-15(8-11)31-20(22,23)24/h1-2,4-5,11,13,15-16H,3,6-10H2,(H,25,28)/t11-,13-,15+,16+/m0/s1. The predicted octanol–water partition coefficient (Wildman–Crippen LogP) is 3.41. The lowest BCUT2D eigenvalue weighted by Crippen LogP contribution is -2.43. The Morgan fingerprint density at radius 3 is 2.59 bits per heavy atom. The van der Waals surface area contributed by atoms with E-state index in [1.165, 1.54) is 24.3 Å². The molecule has 0 spiro atoms. The molecule has 32 heavy (non-hydrogen) atoms. The molecule has 1 saturated carbocycles. The summed E-state index contributed by atoms with van der Waals surface area (Å²) in [6.45, 7) is 0.0224. The highest BCUT2D eigenvalue weighted by atomic mass is 19.4. The smallest absolute Gasteiger partial charge is 0.484 e. The topological polar surface area (TPSA) is 95.7 Å². The van der Waals surface area contributed by atoms with Crippen LogP contribution >= 0.6 is 0 Å².